The summed E-state index contributed by atoms with van der Waals surface area (Å²) in [6, 6.07) is 0. The maximum atomic E-state index is 13.9. The maximum absolute atomic E-state index is 13.9. The molecule has 1 fully saturated rings. The van der Waals surface area contributed by atoms with Crippen LogP contribution in [0.15, 0.2) is 18.7 Å². The van der Waals surface area contributed by atoms with Gasteiger partial charge in [0.05, 0.1) is 25.0 Å². The number of anilines is 1. The Bertz CT molecular complexity index is 844. The third-order valence-corrected chi connectivity index (χ3v) is 4.13. The Morgan fingerprint density at radius 2 is 2.32 bits per heavy atom. The lowest BCUT2D eigenvalue weighted by atomic mass is 9.97. The predicted molar refractivity (Wildman–Crippen MR) is 85.0 cm³/mol. The van der Waals surface area contributed by atoms with Crippen LogP contribution in [0.3, 0.4) is 0 Å². The predicted octanol–water partition coefficient (Wildman–Crippen LogP) is 0.983. The summed E-state index contributed by atoms with van der Waals surface area (Å²) in [4.78, 5) is 23.4. The molecule has 0 aliphatic carbocycles. The topological polar surface area (TPSA) is 125 Å². The quantitative estimate of drug-likeness (QED) is 0.601. The average Bonchev–Trinajstić information content (AvgIpc) is 3.07. The molecule has 0 saturated carbocycles. The number of esters is 1. The van der Waals surface area contributed by atoms with Crippen molar-refractivity contribution in [2.24, 2.45) is 5.92 Å². The Morgan fingerprint density at radius 1 is 1.60 bits per heavy atom. The molecule has 25 heavy (non-hydrogen) atoms. The maximum Gasteiger partial charge on any atom is 0.303 e. The second kappa shape index (κ2) is 6.54. The second-order valence-corrected chi connectivity index (χ2v) is 5.85. The van der Waals surface area contributed by atoms with Gasteiger partial charge in [-0.1, -0.05) is 18.2 Å². The Balaban J connectivity index is 2.11. The van der Waals surface area contributed by atoms with Crippen LogP contribution < -0.4 is 5.73 Å². The minimum absolute atomic E-state index is 0.0356. The van der Waals surface area contributed by atoms with Crippen LogP contribution in [0.1, 0.15) is 13.2 Å². The molecule has 0 radical (unpaired) electrons. The van der Waals surface area contributed by atoms with Crippen molar-refractivity contribution in [3.63, 3.8) is 0 Å². The molecular weight excluding hydrogens is 357 g/mol. The Morgan fingerprint density at radius 3 is 2.92 bits per heavy atom. The molecule has 0 aromatic carbocycles. The molecule has 1 saturated heterocycles. The number of hydrogen-bond donors (Lipinski definition) is 2. The number of ether oxygens (including phenoxy) is 2. The van der Waals surface area contributed by atoms with Gasteiger partial charge in [-0.15, -0.1) is 0 Å². The molecule has 0 spiro atoms. The van der Waals surface area contributed by atoms with E-state index in [1.807, 2.05) is 0 Å². The van der Waals surface area contributed by atoms with Gasteiger partial charge in [0.25, 0.3) is 0 Å². The number of nitrogen functional groups attached to an aromatic ring is 1. The fourth-order valence-electron chi connectivity index (χ4n) is 2.90. The smallest absolute Gasteiger partial charge is 0.303 e. The van der Waals surface area contributed by atoms with Gasteiger partial charge in [-0.3, -0.25) is 9.36 Å². The minimum atomic E-state index is -1.08. The molecule has 11 heteroatoms. The van der Waals surface area contributed by atoms with Crippen LogP contribution in [0.2, 0.25) is 5.15 Å². The first kappa shape index (κ1) is 17.5. The lowest BCUT2D eigenvalue weighted by Crippen LogP contribution is -2.32. The van der Waals surface area contributed by atoms with Crippen molar-refractivity contribution < 1.29 is 23.8 Å². The van der Waals surface area contributed by atoms with E-state index in [1.165, 1.54) is 17.8 Å². The van der Waals surface area contributed by atoms with Gasteiger partial charge in [0.2, 0.25) is 5.95 Å². The summed E-state index contributed by atoms with van der Waals surface area (Å²) >= 11 is 5.99. The van der Waals surface area contributed by atoms with E-state index in [-0.39, 0.29) is 22.3 Å². The first-order chi connectivity index (χ1) is 11.8. The average molecular weight is 372 g/mol. The summed E-state index contributed by atoms with van der Waals surface area (Å²) in [6.45, 7) is 3.95. The number of halogens is 2. The van der Waals surface area contributed by atoms with Crippen molar-refractivity contribution in [2.75, 3.05) is 12.3 Å². The number of nitrogens with two attached hydrogens (primary N) is 1. The van der Waals surface area contributed by atoms with Gasteiger partial charge in [0.1, 0.15) is 11.3 Å². The molecule has 2 aromatic heterocycles. The number of aliphatic hydroxyl groups excluding tert-OH is 1. The fourth-order valence-corrected chi connectivity index (χ4v) is 3.12. The number of aromatic nitrogens is 4. The van der Waals surface area contributed by atoms with E-state index >= 15 is 0 Å². The van der Waals surface area contributed by atoms with E-state index in [4.69, 9.17) is 26.8 Å². The molecule has 1 aliphatic heterocycles. The molecule has 9 nitrogen and oxygen atoms in total. The molecule has 3 rings (SSSR count). The number of aliphatic hydroxyl groups is 1. The highest BCUT2D eigenvalue weighted by atomic mass is 35.5. The van der Waals surface area contributed by atoms with Crippen LogP contribution in [0, 0.1) is 5.92 Å². The van der Waals surface area contributed by atoms with Crippen molar-refractivity contribution in [2.45, 2.75) is 25.4 Å². The molecule has 1 aliphatic rings. The molecule has 4 atom stereocenters. The monoisotopic (exact) mass is 371 g/mol. The summed E-state index contributed by atoms with van der Waals surface area (Å²) in [5, 5.41) is 9.52. The lowest BCUT2D eigenvalue weighted by Gasteiger charge is -2.22. The summed E-state index contributed by atoms with van der Waals surface area (Å²) in [6.07, 6.45) is -1.71. The van der Waals surface area contributed by atoms with Crippen molar-refractivity contribution in [3.05, 3.63) is 23.9 Å². The van der Waals surface area contributed by atoms with Gasteiger partial charge in [-0.05, 0) is 0 Å². The summed E-state index contributed by atoms with van der Waals surface area (Å²) in [5.41, 5.74) is 6.09. The number of fused-ring (bicyclic) bond motifs is 1. The van der Waals surface area contributed by atoms with Crippen LogP contribution in [0.4, 0.5) is 10.3 Å². The van der Waals surface area contributed by atoms with Crippen LogP contribution >= 0.6 is 11.6 Å². The van der Waals surface area contributed by atoms with Crippen molar-refractivity contribution in [1.82, 2.24) is 19.5 Å². The van der Waals surface area contributed by atoms with E-state index in [2.05, 4.69) is 21.5 Å². The highest BCUT2D eigenvalue weighted by Gasteiger charge is 2.49. The third kappa shape index (κ3) is 3.03. The SMILES string of the molecule is C=C(F)C1C(CO)OC(n2cnc3c(Cl)nc(N)nc32)C1OC(C)=O. The highest BCUT2D eigenvalue weighted by molar-refractivity contribution is 6.33. The van der Waals surface area contributed by atoms with Gasteiger partial charge < -0.3 is 20.3 Å². The molecular formula is C14H15ClFN5O4. The number of rotatable bonds is 4. The molecule has 134 valence electrons. The van der Waals surface area contributed by atoms with Gasteiger partial charge >= 0.3 is 5.97 Å². The summed E-state index contributed by atoms with van der Waals surface area (Å²) in [5.74, 6) is -2.55. The normalized spacial score (nSPS) is 26.1. The zero-order chi connectivity index (χ0) is 18.3. The van der Waals surface area contributed by atoms with Crippen LogP contribution in [0.5, 0.6) is 0 Å². The fraction of sp³-hybridized carbons (Fsp3) is 0.429. The molecule has 3 N–H and O–H groups in total. The van der Waals surface area contributed by atoms with Crippen LogP contribution in [-0.2, 0) is 14.3 Å². The van der Waals surface area contributed by atoms with E-state index in [0.29, 0.717) is 0 Å². The number of carbonyl (C=O) groups excluding carboxylic acids is 1. The van der Waals surface area contributed by atoms with Crippen molar-refractivity contribution >= 4 is 34.7 Å². The second-order valence-electron chi connectivity index (χ2n) is 5.49. The van der Waals surface area contributed by atoms with E-state index in [0.717, 1.165) is 0 Å². The summed E-state index contributed by atoms with van der Waals surface area (Å²) in [7, 11) is 0. The molecule has 3 heterocycles. The van der Waals surface area contributed by atoms with Crippen LogP contribution in [-0.4, -0.2) is 49.4 Å². The lowest BCUT2D eigenvalue weighted by molar-refractivity contribution is -0.153. The molecule has 0 bridgehead atoms. The van der Waals surface area contributed by atoms with Crippen LogP contribution in [0.25, 0.3) is 11.2 Å². The van der Waals surface area contributed by atoms with E-state index in [1.54, 1.807) is 0 Å². The van der Waals surface area contributed by atoms with Crippen molar-refractivity contribution in [3.8, 4) is 0 Å². The standard InChI is InChI=1S/C14H15ClFN5O4/c1-5(16)8-7(3-22)25-13(10(8)24-6(2)23)21-4-18-9-11(15)19-14(17)20-12(9)21/h4,7-8,10,13,22H,1,3H2,2H3,(H2,17,19,20). The zero-order valence-corrected chi connectivity index (χ0v) is 13.9. The zero-order valence-electron chi connectivity index (χ0n) is 13.1. The number of hydrogen-bond acceptors (Lipinski definition) is 8. The highest BCUT2D eigenvalue weighted by Crippen LogP contribution is 2.41. The minimum Gasteiger partial charge on any atom is -0.457 e. The van der Waals surface area contributed by atoms with Gasteiger partial charge in [-0.2, -0.15) is 9.97 Å². The van der Waals surface area contributed by atoms with Gasteiger partial charge in [-0.25, -0.2) is 9.37 Å². The Hall–Kier alpha value is -2.30. The first-order valence-corrected chi connectivity index (χ1v) is 7.64. The number of imidazole rings is 1. The van der Waals surface area contributed by atoms with Gasteiger partial charge in [0.15, 0.2) is 23.1 Å². The summed E-state index contributed by atoms with van der Waals surface area (Å²) < 4.78 is 26.2. The largest absolute Gasteiger partial charge is 0.457 e. The molecule has 2 aromatic rings. The molecule has 4 unspecified atom stereocenters. The molecule has 0 amide bonds. The van der Waals surface area contributed by atoms with E-state index < -0.39 is 42.8 Å². The van der Waals surface area contributed by atoms with Gasteiger partial charge in [0, 0.05) is 6.92 Å². The van der Waals surface area contributed by atoms with Crippen molar-refractivity contribution in [1.29, 1.82) is 0 Å². The third-order valence-electron chi connectivity index (χ3n) is 3.86. The Kier molecular flexibility index (Phi) is 4.58. The Labute approximate surface area is 146 Å². The number of carbonyl (C=O) groups is 1. The van der Waals surface area contributed by atoms with E-state index in [9.17, 15) is 14.3 Å². The number of nitrogens with zero attached hydrogens (tertiary/aromatic N) is 4. The first-order valence-electron chi connectivity index (χ1n) is 7.26.